The van der Waals surface area contributed by atoms with Crippen LogP contribution in [0.3, 0.4) is 0 Å². The van der Waals surface area contributed by atoms with Crippen molar-refractivity contribution in [3.63, 3.8) is 0 Å². The third-order valence-corrected chi connectivity index (χ3v) is 6.65. The topological polar surface area (TPSA) is 38.1 Å². The average Bonchev–Trinajstić information content (AvgIpc) is 3.43. The third kappa shape index (κ3) is 3.50. The van der Waals surface area contributed by atoms with Gasteiger partial charge in [-0.2, -0.15) is 0 Å². The Kier molecular flexibility index (Phi) is 4.76. The molecule has 1 aromatic carbocycles. The van der Waals surface area contributed by atoms with Gasteiger partial charge in [0.2, 0.25) is 0 Å². The summed E-state index contributed by atoms with van der Waals surface area (Å²) in [6.07, 6.45) is 4.33. The van der Waals surface area contributed by atoms with Gasteiger partial charge in [-0.3, -0.25) is 9.36 Å². The molecule has 2 heterocycles. The lowest BCUT2D eigenvalue weighted by molar-refractivity contribution is 0.278. The van der Waals surface area contributed by atoms with Crippen molar-refractivity contribution in [2.45, 2.75) is 52.4 Å². The standard InChI is InChI=1S/C21H25Cl2N3O/c1-13-24-19(25-11-9-21(2,3)10-12-25)17(14-7-8-14)20(27)26(13)16-6-4-5-15(22)18(16)23/h4-6,14H,7-12H2,1-3H3. The minimum absolute atomic E-state index is 0.00556. The van der Waals surface area contributed by atoms with Crippen LogP contribution < -0.4 is 10.5 Å². The van der Waals surface area contributed by atoms with E-state index in [0.29, 0.717) is 32.9 Å². The van der Waals surface area contributed by atoms with Crippen LogP contribution in [0, 0.1) is 12.3 Å². The second-order valence-corrected chi connectivity index (χ2v) is 9.32. The van der Waals surface area contributed by atoms with Gasteiger partial charge in [-0.05, 0) is 56.1 Å². The smallest absolute Gasteiger partial charge is 0.263 e. The van der Waals surface area contributed by atoms with Gasteiger partial charge in [0.25, 0.3) is 5.56 Å². The summed E-state index contributed by atoms with van der Waals surface area (Å²) in [5.41, 5.74) is 1.80. The molecule has 2 fully saturated rings. The number of rotatable bonds is 3. The van der Waals surface area contributed by atoms with Gasteiger partial charge in [0.15, 0.2) is 0 Å². The Hall–Kier alpha value is -1.52. The van der Waals surface area contributed by atoms with Crippen LogP contribution in [0.2, 0.25) is 10.0 Å². The van der Waals surface area contributed by atoms with Gasteiger partial charge in [0.1, 0.15) is 11.6 Å². The lowest BCUT2D eigenvalue weighted by Crippen LogP contribution is -2.40. The Balaban J connectivity index is 1.84. The highest BCUT2D eigenvalue weighted by Gasteiger charge is 2.35. The predicted molar refractivity (Wildman–Crippen MR) is 112 cm³/mol. The van der Waals surface area contributed by atoms with Gasteiger partial charge in [0.05, 0.1) is 21.3 Å². The van der Waals surface area contributed by atoms with Gasteiger partial charge in [-0.15, -0.1) is 0 Å². The molecular formula is C21H25Cl2N3O. The Morgan fingerprint density at radius 1 is 1.15 bits per heavy atom. The molecule has 0 radical (unpaired) electrons. The fraction of sp³-hybridized carbons (Fsp3) is 0.524. The van der Waals surface area contributed by atoms with Crippen LogP contribution >= 0.6 is 23.2 Å². The number of anilines is 1. The van der Waals surface area contributed by atoms with E-state index in [9.17, 15) is 4.79 Å². The number of hydrogen-bond acceptors (Lipinski definition) is 3. The molecule has 144 valence electrons. The SMILES string of the molecule is Cc1nc(N2CCC(C)(C)CC2)c(C2CC2)c(=O)n1-c1cccc(Cl)c1Cl. The zero-order chi connectivity index (χ0) is 19.3. The fourth-order valence-corrected chi connectivity index (χ4v) is 4.25. The number of nitrogens with zero attached hydrogens (tertiary/aromatic N) is 3. The van der Waals surface area contributed by atoms with Crippen molar-refractivity contribution in [2.24, 2.45) is 5.41 Å². The van der Waals surface area contributed by atoms with Crippen molar-refractivity contribution in [2.75, 3.05) is 18.0 Å². The Morgan fingerprint density at radius 2 is 1.81 bits per heavy atom. The third-order valence-electron chi connectivity index (χ3n) is 5.84. The summed E-state index contributed by atoms with van der Waals surface area (Å²) in [6.45, 7) is 8.38. The normalized spacial score (nSPS) is 19.4. The molecule has 4 nitrogen and oxygen atoms in total. The van der Waals surface area contributed by atoms with E-state index in [1.165, 1.54) is 0 Å². The van der Waals surface area contributed by atoms with E-state index in [-0.39, 0.29) is 5.56 Å². The average molecular weight is 406 g/mol. The minimum atomic E-state index is -0.00556. The molecule has 1 aliphatic carbocycles. The highest BCUT2D eigenvalue weighted by molar-refractivity contribution is 6.43. The molecule has 0 atom stereocenters. The van der Waals surface area contributed by atoms with Crippen molar-refractivity contribution in [3.05, 3.63) is 50.0 Å². The molecule has 0 amide bonds. The molecule has 1 aromatic heterocycles. The summed E-state index contributed by atoms with van der Waals surface area (Å²) in [5, 5.41) is 0.830. The van der Waals surface area contributed by atoms with Crippen LogP contribution in [0.1, 0.15) is 56.8 Å². The van der Waals surface area contributed by atoms with E-state index >= 15 is 0 Å². The number of piperidine rings is 1. The molecule has 1 aliphatic heterocycles. The zero-order valence-electron chi connectivity index (χ0n) is 16.1. The van der Waals surface area contributed by atoms with Crippen LogP contribution in [0.15, 0.2) is 23.0 Å². The van der Waals surface area contributed by atoms with Gasteiger partial charge in [-0.1, -0.05) is 43.1 Å². The Morgan fingerprint density at radius 3 is 2.44 bits per heavy atom. The van der Waals surface area contributed by atoms with Gasteiger partial charge in [0, 0.05) is 13.1 Å². The van der Waals surface area contributed by atoms with Crippen molar-refractivity contribution in [3.8, 4) is 5.69 Å². The molecule has 1 saturated carbocycles. The molecule has 2 aliphatic rings. The summed E-state index contributed by atoms with van der Waals surface area (Å²) in [7, 11) is 0. The summed E-state index contributed by atoms with van der Waals surface area (Å²) in [5.74, 6) is 1.83. The van der Waals surface area contributed by atoms with E-state index in [2.05, 4.69) is 18.7 Å². The lowest BCUT2D eigenvalue weighted by atomic mass is 9.82. The maximum absolute atomic E-state index is 13.5. The van der Waals surface area contributed by atoms with Crippen molar-refractivity contribution in [1.29, 1.82) is 0 Å². The van der Waals surface area contributed by atoms with E-state index in [1.54, 1.807) is 10.6 Å². The van der Waals surface area contributed by atoms with Gasteiger partial charge < -0.3 is 4.90 Å². The number of benzene rings is 1. The molecular weight excluding hydrogens is 381 g/mol. The molecule has 0 spiro atoms. The first-order valence-electron chi connectivity index (χ1n) is 9.61. The maximum Gasteiger partial charge on any atom is 0.263 e. The van der Waals surface area contributed by atoms with E-state index in [0.717, 1.165) is 50.2 Å². The summed E-state index contributed by atoms with van der Waals surface area (Å²) in [4.78, 5) is 20.7. The van der Waals surface area contributed by atoms with Gasteiger partial charge in [-0.25, -0.2) is 4.98 Å². The van der Waals surface area contributed by atoms with Crippen molar-refractivity contribution >= 4 is 29.0 Å². The van der Waals surface area contributed by atoms with Crippen LogP contribution in [0.25, 0.3) is 5.69 Å². The Bertz CT molecular complexity index is 937. The summed E-state index contributed by atoms with van der Waals surface area (Å²) >= 11 is 12.6. The molecule has 4 rings (SSSR count). The number of halogens is 2. The van der Waals surface area contributed by atoms with Crippen molar-refractivity contribution < 1.29 is 0 Å². The second-order valence-electron chi connectivity index (χ2n) is 8.54. The minimum Gasteiger partial charge on any atom is -0.356 e. The highest BCUT2D eigenvalue weighted by Crippen LogP contribution is 2.43. The van der Waals surface area contributed by atoms with E-state index in [4.69, 9.17) is 28.2 Å². The maximum atomic E-state index is 13.5. The van der Waals surface area contributed by atoms with Crippen LogP contribution in [-0.4, -0.2) is 22.6 Å². The molecule has 0 N–H and O–H groups in total. The van der Waals surface area contributed by atoms with Crippen LogP contribution in [-0.2, 0) is 0 Å². The van der Waals surface area contributed by atoms with Crippen LogP contribution in [0.5, 0.6) is 0 Å². The van der Waals surface area contributed by atoms with Gasteiger partial charge >= 0.3 is 0 Å². The lowest BCUT2D eigenvalue weighted by Gasteiger charge is -2.38. The number of aryl methyl sites for hydroxylation is 1. The molecule has 0 bridgehead atoms. The summed E-state index contributed by atoms with van der Waals surface area (Å²) in [6, 6.07) is 5.36. The second kappa shape index (κ2) is 6.82. The predicted octanol–water partition coefficient (Wildman–Crippen LogP) is 5.35. The van der Waals surface area contributed by atoms with Crippen LogP contribution in [0.4, 0.5) is 5.82 Å². The zero-order valence-corrected chi connectivity index (χ0v) is 17.6. The largest absolute Gasteiger partial charge is 0.356 e. The quantitative estimate of drug-likeness (QED) is 0.690. The monoisotopic (exact) mass is 405 g/mol. The first-order chi connectivity index (χ1) is 12.8. The molecule has 0 unspecified atom stereocenters. The molecule has 6 heteroatoms. The first kappa shape index (κ1) is 18.8. The summed E-state index contributed by atoms with van der Waals surface area (Å²) < 4.78 is 1.62. The fourth-order valence-electron chi connectivity index (χ4n) is 3.87. The number of aromatic nitrogens is 2. The highest BCUT2D eigenvalue weighted by atomic mass is 35.5. The molecule has 1 saturated heterocycles. The molecule has 27 heavy (non-hydrogen) atoms. The van der Waals surface area contributed by atoms with E-state index < -0.39 is 0 Å². The first-order valence-corrected chi connectivity index (χ1v) is 10.4. The van der Waals surface area contributed by atoms with Crippen molar-refractivity contribution in [1.82, 2.24) is 9.55 Å². The Labute approximate surface area is 170 Å². The van der Waals surface area contributed by atoms with E-state index in [1.807, 2.05) is 19.1 Å². The number of hydrogen-bond donors (Lipinski definition) is 0. The molecule has 2 aromatic rings.